The lowest BCUT2D eigenvalue weighted by molar-refractivity contribution is 0.0690. The normalized spacial score (nSPS) is 10.4. The summed E-state index contributed by atoms with van der Waals surface area (Å²) >= 11 is 9.19. The first-order valence-electron chi connectivity index (χ1n) is 4.31. The molecule has 0 unspecified atom stereocenters. The van der Waals surface area contributed by atoms with Crippen LogP contribution in [0, 0.1) is 0 Å². The fourth-order valence-corrected chi connectivity index (χ4v) is 2.14. The van der Waals surface area contributed by atoms with E-state index in [0.29, 0.717) is 10.7 Å². The van der Waals surface area contributed by atoms with Crippen molar-refractivity contribution in [1.82, 2.24) is 10.2 Å². The number of H-pyrrole nitrogens is 1. The van der Waals surface area contributed by atoms with E-state index in [0.717, 1.165) is 10.0 Å². The van der Waals surface area contributed by atoms with E-state index >= 15 is 0 Å². The molecular formula is C10H6BrClN2O2. The van der Waals surface area contributed by atoms with Crippen LogP contribution in [0.15, 0.2) is 28.7 Å². The van der Waals surface area contributed by atoms with Crippen LogP contribution in [0.1, 0.15) is 10.5 Å². The molecule has 0 radical (unpaired) electrons. The summed E-state index contributed by atoms with van der Waals surface area (Å²) in [5.74, 6) is -1.04. The zero-order valence-electron chi connectivity index (χ0n) is 7.87. The fraction of sp³-hybridized carbons (Fsp3) is 0. The summed E-state index contributed by atoms with van der Waals surface area (Å²) < 4.78 is 0.815. The molecule has 0 aliphatic rings. The largest absolute Gasteiger partial charge is 0.477 e. The maximum atomic E-state index is 10.7. The monoisotopic (exact) mass is 300 g/mol. The Labute approximate surface area is 104 Å². The van der Waals surface area contributed by atoms with Gasteiger partial charge in [0.05, 0.1) is 5.69 Å². The first kappa shape index (κ1) is 11.2. The van der Waals surface area contributed by atoms with Gasteiger partial charge in [0.15, 0.2) is 0 Å². The van der Waals surface area contributed by atoms with Gasteiger partial charge in [0, 0.05) is 15.1 Å². The molecule has 0 aliphatic heterocycles. The van der Waals surface area contributed by atoms with Gasteiger partial charge in [0.1, 0.15) is 5.69 Å². The van der Waals surface area contributed by atoms with E-state index in [1.54, 1.807) is 12.1 Å². The van der Waals surface area contributed by atoms with Gasteiger partial charge in [-0.05, 0) is 24.3 Å². The molecule has 0 bridgehead atoms. The number of benzene rings is 1. The maximum absolute atomic E-state index is 10.7. The molecule has 4 nitrogen and oxygen atoms in total. The van der Waals surface area contributed by atoms with Crippen LogP contribution in [0.25, 0.3) is 11.3 Å². The second-order valence-electron chi connectivity index (χ2n) is 3.13. The van der Waals surface area contributed by atoms with Crippen LogP contribution in [0.5, 0.6) is 0 Å². The molecule has 0 saturated carbocycles. The summed E-state index contributed by atoms with van der Waals surface area (Å²) in [6, 6.07) is 6.73. The number of halogens is 2. The van der Waals surface area contributed by atoms with Crippen LogP contribution in [0.3, 0.4) is 0 Å². The number of carboxylic acid groups (broad SMARTS) is 1. The molecule has 0 spiro atoms. The molecule has 2 aromatic rings. The smallest absolute Gasteiger partial charge is 0.353 e. The first-order chi connectivity index (χ1) is 7.56. The highest BCUT2D eigenvalue weighted by molar-refractivity contribution is 9.10. The molecule has 1 heterocycles. The van der Waals surface area contributed by atoms with Crippen molar-refractivity contribution in [2.45, 2.75) is 0 Å². The van der Waals surface area contributed by atoms with E-state index in [1.165, 1.54) is 6.07 Å². The van der Waals surface area contributed by atoms with E-state index in [-0.39, 0.29) is 5.69 Å². The SMILES string of the molecule is O=C(O)c1cc(-c2cc(Cl)cc(Br)c2)n[nH]1. The average Bonchev–Trinajstić information content (AvgIpc) is 2.64. The molecule has 6 heteroatoms. The van der Waals surface area contributed by atoms with Crippen LogP contribution in [0.2, 0.25) is 5.02 Å². The number of carboxylic acids is 1. The summed E-state index contributed by atoms with van der Waals surface area (Å²) in [5, 5.41) is 15.6. The molecular weight excluding hydrogens is 295 g/mol. The lowest BCUT2D eigenvalue weighted by Gasteiger charge is -1.98. The highest BCUT2D eigenvalue weighted by Crippen LogP contribution is 2.26. The summed E-state index contributed by atoms with van der Waals surface area (Å²) in [6.45, 7) is 0. The molecule has 82 valence electrons. The quantitative estimate of drug-likeness (QED) is 0.895. The number of nitrogens with one attached hydrogen (secondary N) is 1. The number of hydrogen-bond acceptors (Lipinski definition) is 2. The van der Waals surface area contributed by atoms with Crippen LogP contribution >= 0.6 is 27.5 Å². The Kier molecular flexibility index (Phi) is 2.98. The second kappa shape index (κ2) is 4.27. The fourth-order valence-electron chi connectivity index (χ4n) is 1.28. The number of carbonyl (C=O) groups is 1. The van der Waals surface area contributed by atoms with Gasteiger partial charge in [-0.3, -0.25) is 5.10 Å². The van der Waals surface area contributed by atoms with Gasteiger partial charge in [-0.25, -0.2) is 4.79 Å². The van der Waals surface area contributed by atoms with Crippen molar-refractivity contribution < 1.29 is 9.90 Å². The molecule has 0 saturated heterocycles. The molecule has 0 fully saturated rings. The van der Waals surface area contributed by atoms with Crippen LogP contribution in [-0.4, -0.2) is 21.3 Å². The molecule has 1 aromatic heterocycles. The minimum Gasteiger partial charge on any atom is -0.477 e. The molecule has 0 aliphatic carbocycles. The average molecular weight is 302 g/mol. The van der Waals surface area contributed by atoms with Gasteiger partial charge < -0.3 is 5.11 Å². The van der Waals surface area contributed by atoms with E-state index < -0.39 is 5.97 Å². The number of nitrogens with zero attached hydrogens (tertiary/aromatic N) is 1. The number of hydrogen-bond donors (Lipinski definition) is 2. The van der Waals surface area contributed by atoms with E-state index in [1.807, 2.05) is 6.07 Å². The van der Waals surface area contributed by atoms with E-state index in [9.17, 15) is 4.79 Å². The van der Waals surface area contributed by atoms with Crippen molar-refractivity contribution in [2.24, 2.45) is 0 Å². The Hall–Kier alpha value is -1.33. The third-order valence-electron chi connectivity index (χ3n) is 1.97. The van der Waals surface area contributed by atoms with Gasteiger partial charge in [0.25, 0.3) is 0 Å². The Morgan fingerprint density at radius 1 is 1.38 bits per heavy atom. The highest BCUT2D eigenvalue weighted by Gasteiger charge is 2.09. The Morgan fingerprint density at radius 2 is 2.12 bits per heavy atom. The first-order valence-corrected chi connectivity index (χ1v) is 5.48. The van der Waals surface area contributed by atoms with Gasteiger partial charge in [0.2, 0.25) is 0 Å². The number of rotatable bonds is 2. The zero-order chi connectivity index (χ0) is 11.7. The van der Waals surface area contributed by atoms with Crippen molar-refractivity contribution in [2.75, 3.05) is 0 Å². The van der Waals surface area contributed by atoms with Crippen LogP contribution in [0.4, 0.5) is 0 Å². The summed E-state index contributed by atoms with van der Waals surface area (Å²) in [5.41, 5.74) is 1.34. The van der Waals surface area contributed by atoms with E-state index in [4.69, 9.17) is 16.7 Å². The summed E-state index contributed by atoms with van der Waals surface area (Å²) in [6.07, 6.45) is 0. The molecule has 1 aromatic carbocycles. The molecule has 2 N–H and O–H groups in total. The predicted molar refractivity (Wildman–Crippen MR) is 63.7 cm³/mol. The minimum absolute atomic E-state index is 0.0473. The number of aromatic carboxylic acids is 1. The van der Waals surface area contributed by atoms with Crippen LogP contribution in [-0.2, 0) is 0 Å². The van der Waals surface area contributed by atoms with E-state index in [2.05, 4.69) is 26.1 Å². The Morgan fingerprint density at radius 3 is 2.69 bits per heavy atom. The molecule has 16 heavy (non-hydrogen) atoms. The van der Waals surface area contributed by atoms with Crippen molar-refractivity contribution >= 4 is 33.5 Å². The Balaban J connectivity index is 2.46. The van der Waals surface area contributed by atoms with Crippen molar-refractivity contribution in [3.8, 4) is 11.3 Å². The van der Waals surface area contributed by atoms with Gasteiger partial charge >= 0.3 is 5.97 Å². The van der Waals surface area contributed by atoms with Crippen molar-refractivity contribution in [3.05, 3.63) is 39.5 Å². The highest BCUT2D eigenvalue weighted by atomic mass is 79.9. The standard InChI is InChI=1S/C10H6BrClN2O2/c11-6-1-5(2-7(12)3-6)8-4-9(10(15)16)14-13-8/h1-4H,(H,13,14)(H,15,16). The van der Waals surface area contributed by atoms with Crippen molar-refractivity contribution in [3.63, 3.8) is 0 Å². The van der Waals surface area contributed by atoms with Gasteiger partial charge in [-0.1, -0.05) is 27.5 Å². The zero-order valence-corrected chi connectivity index (χ0v) is 10.2. The number of aromatic amines is 1. The second-order valence-corrected chi connectivity index (χ2v) is 4.48. The summed E-state index contributed by atoms with van der Waals surface area (Å²) in [4.78, 5) is 10.7. The summed E-state index contributed by atoms with van der Waals surface area (Å²) in [7, 11) is 0. The van der Waals surface area contributed by atoms with Gasteiger partial charge in [-0.2, -0.15) is 5.10 Å². The molecule has 2 rings (SSSR count). The third-order valence-corrected chi connectivity index (χ3v) is 2.64. The van der Waals surface area contributed by atoms with Crippen molar-refractivity contribution in [1.29, 1.82) is 0 Å². The van der Waals surface area contributed by atoms with Crippen LogP contribution < -0.4 is 0 Å². The maximum Gasteiger partial charge on any atom is 0.353 e. The molecule has 0 amide bonds. The third kappa shape index (κ3) is 2.25. The minimum atomic E-state index is -1.04. The number of aromatic nitrogens is 2. The lowest BCUT2D eigenvalue weighted by Crippen LogP contribution is -1.95. The Bertz CT molecular complexity index is 533. The van der Waals surface area contributed by atoms with Gasteiger partial charge in [-0.15, -0.1) is 0 Å². The lowest BCUT2D eigenvalue weighted by atomic mass is 10.1. The topological polar surface area (TPSA) is 66.0 Å². The predicted octanol–water partition coefficient (Wildman–Crippen LogP) is 3.19. The molecule has 0 atom stereocenters.